The molecule has 0 aliphatic carbocycles. The molecule has 1 amide bonds. The summed E-state index contributed by atoms with van der Waals surface area (Å²) in [6.45, 7) is 5.80. The van der Waals surface area contributed by atoms with Gasteiger partial charge in [0, 0.05) is 5.69 Å². The monoisotopic (exact) mass is 411 g/mol. The third kappa shape index (κ3) is 5.20. The number of rotatable bonds is 7. The van der Waals surface area contributed by atoms with Crippen LogP contribution in [-0.4, -0.2) is 44.2 Å². The third-order valence-electron chi connectivity index (χ3n) is 4.03. The summed E-state index contributed by atoms with van der Waals surface area (Å²) in [7, 11) is 0. The molecule has 150 valence electrons. The molecule has 8 nitrogen and oxygen atoms in total. The van der Waals surface area contributed by atoms with Crippen LogP contribution in [0.5, 0.6) is 0 Å². The number of hydrogen-bond donors (Lipinski definition) is 1. The van der Waals surface area contributed by atoms with E-state index in [1.54, 1.807) is 26.0 Å². The number of aryl methyl sites for hydroxylation is 1. The number of hydrogen-bond acceptors (Lipinski definition) is 7. The molecule has 29 heavy (non-hydrogen) atoms. The lowest BCUT2D eigenvalue weighted by molar-refractivity contribution is -0.113. The first-order valence-corrected chi connectivity index (χ1v) is 10.0. The predicted octanol–water partition coefficient (Wildman–Crippen LogP) is 3.19. The molecule has 0 saturated carbocycles. The third-order valence-corrected chi connectivity index (χ3v) is 4.95. The molecule has 0 unspecified atom stereocenters. The Morgan fingerprint density at radius 3 is 2.52 bits per heavy atom. The molecule has 0 atom stereocenters. The molecule has 0 aliphatic rings. The maximum Gasteiger partial charge on any atom is 0.341 e. The van der Waals surface area contributed by atoms with Crippen LogP contribution in [0, 0.1) is 13.8 Å². The quantitative estimate of drug-likeness (QED) is 0.471. The Morgan fingerprint density at radius 1 is 1.10 bits per heavy atom. The summed E-state index contributed by atoms with van der Waals surface area (Å²) < 4.78 is 6.54. The molecule has 0 fully saturated rings. The Balaban J connectivity index is 1.60. The largest absolute Gasteiger partial charge is 0.462 e. The van der Waals surface area contributed by atoms with Crippen LogP contribution >= 0.6 is 11.8 Å². The Hall–Kier alpha value is -3.20. The first-order chi connectivity index (χ1) is 14.0. The number of carbonyl (C=O) groups is 2. The highest BCUT2D eigenvalue weighted by molar-refractivity contribution is 7.99. The van der Waals surface area contributed by atoms with E-state index in [9.17, 15) is 9.59 Å². The van der Waals surface area contributed by atoms with Crippen LogP contribution in [-0.2, 0) is 9.53 Å². The summed E-state index contributed by atoms with van der Waals surface area (Å²) in [6, 6.07) is 11.1. The average molecular weight is 411 g/mol. The molecule has 1 aromatic carbocycles. The number of aromatic nitrogens is 4. The summed E-state index contributed by atoms with van der Waals surface area (Å²) in [6.07, 6.45) is 1.45. The second-order valence-electron chi connectivity index (χ2n) is 6.21. The van der Waals surface area contributed by atoms with Gasteiger partial charge in [-0.1, -0.05) is 29.5 Å². The lowest BCUT2D eigenvalue weighted by atomic mass is 10.2. The molecule has 3 aromatic rings. The van der Waals surface area contributed by atoms with Crippen LogP contribution in [0.25, 0.3) is 5.82 Å². The van der Waals surface area contributed by atoms with Gasteiger partial charge in [0.25, 0.3) is 0 Å². The van der Waals surface area contributed by atoms with Crippen molar-refractivity contribution in [3.63, 3.8) is 0 Å². The number of carbonyl (C=O) groups excluding carboxylic acids is 2. The van der Waals surface area contributed by atoms with Gasteiger partial charge < -0.3 is 10.1 Å². The van der Waals surface area contributed by atoms with Crippen molar-refractivity contribution < 1.29 is 14.3 Å². The van der Waals surface area contributed by atoms with E-state index in [1.807, 2.05) is 31.2 Å². The van der Waals surface area contributed by atoms with E-state index >= 15 is 0 Å². The molecule has 1 N–H and O–H groups in total. The zero-order chi connectivity index (χ0) is 20.8. The first kappa shape index (κ1) is 20.5. The highest BCUT2D eigenvalue weighted by Gasteiger charge is 2.17. The SMILES string of the molecule is CCOC(=O)c1cnn(-c2ccc(SCC(=O)Nc3ccc(C)cc3)nn2)c1C. The number of benzene rings is 1. The number of anilines is 1. The number of ether oxygens (including phenoxy) is 1. The van der Waals surface area contributed by atoms with Crippen molar-refractivity contribution in [2.75, 3.05) is 17.7 Å². The van der Waals surface area contributed by atoms with Crippen LogP contribution in [0.15, 0.2) is 47.6 Å². The predicted molar refractivity (Wildman–Crippen MR) is 110 cm³/mol. The van der Waals surface area contributed by atoms with Crippen LogP contribution in [0.1, 0.15) is 28.5 Å². The molecule has 9 heteroatoms. The van der Waals surface area contributed by atoms with Gasteiger partial charge in [0.15, 0.2) is 5.82 Å². The molecular weight excluding hydrogens is 390 g/mol. The number of nitrogens with one attached hydrogen (secondary N) is 1. The lowest BCUT2D eigenvalue weighted by Gasteiger charge is -2.06. The zero-order valence-electron chi connectivity index (χ0n) is 16.4. The van der Waals surface area contributed by atoms with Crippen molar-refractivity contribution in [1.82, 2.24) is 20.0 Å². The van der Waals surface area contributed by atoms with E-state index in [2.05, 4.69) is 20.6 Å². The van der Waals surface area contributed by atoms with Gasteiger partial charge in [-0.2, -0.15) is 5.10 Å². The van der Waals surface area contributed by atoms with Gasteiger partial charge >= 0.3 is 5.97 Å². The maximum absolute atomic E-state index is 12.1. The van der Waals surface area contributed by atoms with Gasteiger partial charge in [0.2, 0.25) is 5.91 Å². The summed E-state index contributed by atoms with van der Waals surface area (Å²) in [5.74, 6) is 0.157. The Bertz CT molecular complexity index is 1000. The number of amides is 1. The zero-order valence-corrected chi connectivity index (χ0v) is 17.2. The Labute approximate surface area is 172 Å². The summed E-state index contributed by atoms with van der Waals surface area (Å²) in [5, 5.41) is 15.9. The Morgan fingerprint density at radius 2 is 1.86 bits per heavy atom. The molecule has 0 bridgehead atoms. The van der Waals surface area contributed by atoms with Crippen molar-refractivity contribution in [2.24, 2.45) is 0 Å². The van der Waals surface area contributed by atoms with Crippen LogP contribution in [0.4, 0.5) is 5.69 Å². The van der Waals surface area contributed by atoms with E-state index < -0.39 is 5.97 Å². The molecule has 0 radical (unpaired) electrons. The van der Waals surface area contributed by atoms with Crippen LogP contribution < -0.4 is 5.32 Å². The molecule has 2 aromatic heterocycles. The van der Waals surface area contributed by atoms with Gasteiger partial charge in [0.05, 0.1) is 24.3 Å². The molecule has 2 heterocycles. The number of nitrogens with zero attached hydrogens (tertiary/aromatic N) is 4. The van der Waals surface area contributed by atoms with Crippen molar-refractivity contribution >= 4 is 29.3 Å². The van der Waals surface area contributed by atoms with E-state index in [0.29, 0.717) is 28.7 Å². The second kappa shape index (κ2) is 9.33. The van der Waals surface area contributed by atoms with Gasteiger partial charge in [-0.05, 0) is 45.0 Å². The van der Waals surface area contributed by atoms with Gasteiger partial charge in [-0.25, -0.2) is 9.48 Å². The number of thioether (sulfide) groups is 1. The second-order valence-corrected chi connectivity index (χ2v) is 7.20. The summed E-state index contributed by atoms with van der Waals surface area (Å²) >= 11 is 1.29. The highest BCUT2D eigenvalue weighted by atomic mass is 32.2. The fraction of sp³-hybridized carbons (Fsp3) is 0.250. The van der Waals surface area contributed by atoms with Crippen LogP contribution in [0.3, 0.4) is 0 Å². The fourth-order valence-electron chi connectivity index (χ4n) is 2.53. The fourth-order valence-corrected chi connectivity index (χ4v) is 3.14. The number of esters is 1. The van der Waals surface area contributed by atoms with Crippen molar-refractivity contribution in [2.45, 2.75) is 25.8 Å². The molecule has 0 saturated heterocycles. The van der Waals surface area contributed by atoms with Crippen molar-refractivity contribution in [1.29, 1.82) is 0 Å². The lowest BCUT2D eigenvalue weighted by Crippen LogP contribution is -2.14. The van der Waals surface area contributed by atoms with Crippen LogP contribution in [0.2, 0.25) is 0 Å². The normalized spacial score (nSPS) is 10.6. The average Bonchev–Trinajstić information content (AvgIpc) is 3.10. The van der Waals surface area contributed by atoms with Gasteiger partial charge in [-0.15, -0.1) is 10.2 Å². The topological polar surface area (TPSA) is 99.0 Å². The van der Waals surface area contributed by atoms with E-state index in [1.165, 1.54) is 22.6 Å². The van der Waals surface area contributed by atoms with E-state index in [-0.39, 0.29) is 11.7 Å². The minimum absolute atomic E-state index is 0.119. The summed E-state index contributed by atoms with van der Waals surface area (Å²) in [5.41, 5.74) is 2.90. The van der Waals surface area contributed by atoms with Gasteiger partial charge in [0.1, 0.15) is 10.6 Å². The molecule has 0 aliphatic heterocycles. The summed E-state index contributed by atoms with van der Waals surface area (Å²) in [4.78, 5) is 24.0. The van der Waals surface area contributed by atoms with E-state index in [4.69, 9.17) is 4.74 Å². The standard InChI is InChI=1S/C20H21N5O3S/c1-4-28-20(27)16-11-21-25(14(16)3)17-9-10-19(24-23-17)29-12-18(26)22-15-7-5-13(2)6-8-15/h5-11H,4,12H2,1-3H3,(H,22,26). The smallest absolute Gasteiger partial charge is 0.341 e. The Kier molecular flexibility index (Phi) is 6.61. The van der Waals surface area contributed by atoms with E-state index in [0.717, 1.165) is 11.3 Å². The minimum Gasteiger partial charge on any atom is -0.462 e. The maximum atomic E-state index is 12.1. The highest BCUT2D eigenvalue weighted by Crippen LogP contribution is 2.18. The first-order valence-electron chi connectivity index (χ1n) is 9.03. The van der Waals surface area contributed by atoms with Crippen molar-refractivity contribution in [3.8, 4) is 5.82 Å². The van der Waals surface area contributed by atoms with Crippen molar-refractivity contribution in [3.05, 3.63) is 59.4 Å². The molecule has 0 spiro atoms. The molecular formula is C20H21N5O3S. The minimum atomic E-state index is -0.420. The van der Waals surface area contributed by atoms with Gasteiger partial charge in [-0.3, -0.25) is 4.79 Å². The molecule has 3 rings (SSSR count).